The van der Waals surface area contributed by atoms with Gasteiger partial charge in [0.2, 0.25) is 10.6 Å². The highest BCUT2D eigenvalue weighted by Crippen LogP contribution is 2.41. The first-order chi connectivity index (χ1) is 15.7. The summed E-state index contributed by atoms with van der Waals surface area (Å²) in [4.78, 5) is 6.14. The largest absolute Gasteiger partial charge is 0.493 e. The molecule has 0 unspecified atom stereocenters. The molecule has 0 N–H and O–H groups in total. The summed E-state index contributed by atoms with van der Waals surface area (Å²) in [6, 6.07) is 4.39. The average Bonchev–Trinajstić information content (AvgIpc) is 3.03. The van der Waals surface area contributed by atoms with E-state index in [4.69, 9.17) is 24.3 Å². The van der Waals surface area contributed by atoms with Crippen LogP contribution in [0.4, 0.5) is 0 Å². The molecule has 0 atom stereocenters. The van der Waals surface area contributed by atoms with Gasteiger partial charge in [0, 0.05) is 16.7 Å². The maximum Gasteiger partial charge on any atom is 0.206 e. The van der Waals surface area contributed by atoms with Crippen LogP contribution in [0.2, 0.25) is 0 Å². The molecule has 1 aromatic heterocycles. The SMILES string of the molecule is COc1cc(-c2csc(=NC3CCCCC3)n2N=C2CCCCCC2)cc(OC)c1OC. The molecule has 2 aliphatic rings. The molecule has 0 radical (unpaired) electrons. The van der Waals surface area contributed by atoms with Crippen molar-refractivity contribution in [3.05, 3.63) is 22.3 Å². The molecular weight excluding hydrogens is 422 g/mol. The van der Waals surface area contributed by atoms with Gasteiger partial charge in [0.25, 0.3) is 0 Å². The first kappa shape index (κ1) is 22.9. The second kappa shape index (κ2) is 11.0. The molecule has 32 heavy (non-hydrogen) atoms. The van der Waals surface area contributed by atoms with Gasteiger partial charge in [-0.3, -0.25) is 4.99 Å². The van der Waals surface area contributed by atoms with Gasteiger partial charge in [0.1, 0.15) is 0 Å². The van der Waals surface area contributed by atoms with Crippen LogP contribution in [0.3, 0.4) is 0 Å². The quantitative estimate of drug-likeness (QED) is 0.497. The number of nitrogens with zero attached hydrogens (tertiary/aromatic N) is 3. The number of hydrogen-bond acceptors (Lipinski definition) is 6. The van der Waals surface area contributed by atoms with Crippen LogP contribution in [-0.4, -0.2) is 37.8 Å². The van der Waals surface area contributed by atoms with E-state index in [9.17, 15) is 0 Å². The first-order valence-electron chi connectivity index (χ1n) is 11.8. The van der Waals surface area contributed by atoms with Gasteiger partial charge >= 0.3 is 0 Å². The fraction of sp³-hybridized carbons (Fsp3) is 0.600. The number of methoxy groups -OCH3 is 3. The molecular formula is C25H35N3O3S. The normalized spacial score (nSPS) is 18.3. The van der Waals surface area contributed by atoms with Crippen molar-refractivity contribution >= 4 is 17.0 Å². The van der Waals surface area contributed by atoms with E-state index in [0.29, 0.717) is 23.3 Å². The van der Waals surface area contributed by atoms with Gasteiger partial charge in [-0.15, -0.1) is 11.3 Å². The molecule has 2 aliphatic carbocycles. The molecule has 4 rings (SSSR count). The summed E-state index contributed by atoms with van der Waals surface area (Å²) < 4.78 is 18.8. The smallest absolute Gasteiger partial charge is 0.206 e. The van der Waals surface area contributed by atoms with E-state index in [2.05, 4.69) is 10.1 Å². The van der Waals surface area contributed by atoms with Gasteiger partial charge in [-0.25, -0.2) is 4.68 Å². The van der Waals surface area contributed by atoms with Crippen LogP contribution < -0.4 is 19.0 Å². The highest BCUT2D eigenvalue weighted by Gasteiger charge is 2.19. The van der Waals surface area contributed by atoms with Crippen molar-refractivity contribution in [3.63, 3.8) is 0 Å². The van der Waals surface area contributed by atoms with Crippen LogP contribution in [0.25, 0.3) is 11.3 Å². The van der Waals surface area contributed by atoms with Crippen molar-refractivity contribution in [2.45, 2.75) is 76.7 Å². The van der Waals surface area contributed by atoms with Gasteiger partial charge in [-0.2, -0.15) is 5.10 Å². The second-order valence-electron chi connectivity index (χ2n) is 8.63. The lowest BCUT2D eigenvalue weighted by atomic mass is 9.96. The zero-order chi connectivity index (χ0) is 22.3. The van der Waals surface area contributed by atoms with Gasteiger partial charge < -0.3 is 14.2 Å². The molecule has 2 saturated carbocycles. The van der Waals surface area contributed by atoms with Crippen molar-refractivity contribution in [1.29, 1.82) is 0 Å². The van der Waals surface area contributed by atoms with Crippen LogP contribution in [0.15, 0.2) is 27.6 Å². The minimum absolute atomic E-state index is 0.399. The van der Waals surface area contributed by atoms with E-state index in [1.54, 1.807) is 32.7 Å². The summed E-state index contributed by atoms with van der Waals surface area (Å²) in [5, 5.41) is 7.33. The highest BCUT2D eigenvalue weighted by molar-refractivity contribution is 7.07. The van der Waals surface area contributed by atoms with Crippen LogP contribution in [0, 0.1) is 0 Å². The Kier molecular flexibility index (Phi) is 7.90. The van der Waals surface area contributed by atoms with Gasteiger partial charge in [0.05, 0.1) is 33.1 Å². The van der Waals surface area contributed by atoms with Crippen molar-refractivity contribution in [2.75, 3.05) is 21.3 Å². The Hall–Kier alpha value is -2.28. The first-order valence-corrected chi connectivity index (χ1v) is 12.7. The minimum atomic E-state index is 0.399. The molecule has 7 heteroatoms. The summed E-state index contributed by atoms with van der Waals surface area (Å²) in [7, 11) is 4.93. The van der Waals surface area contributed by atoms with Crippen LogP contribution in [0.1, 0.15) is 70.6 Å². The maximum atomic E-state index is 5.61. The van der Waals surface area contributed by atoms with E-state index >= 15 is 0 Å². The van der Waals surface area contributed by atoms with Gasteiger partial charge in [0.15, 0.2) is 11.5 Å². The van der Waals surface area contributed by atoms with E-state index in [0.717, 1.165) is 28.9 Å². The Morgan fingerprint density at radius 2 is 1.47 bits per heavy atom. The average molecular weight is 458 g/mol. The van der Waals surface area contributed by atoms with E-state index < -0.39 is 0 Å². The number of ether oxygens (including phenoxy) is 3. The van der Waals surface area contributed by atoms with Crippen molar-refractivity contribution in [3.8, 4) is 28.5 Å². The number of hydrogen-bond donors (Lipinski definition) is 0. The predicted octanol–water partition coefficient (Wildman–Crippen LogP) is 6.03. The monoisotopic (exact) mass is 457 g/mol. The minimum Gasteiger partial charge on any atom is -0.493 e. The Balaban J connectivity index is 1.83. The Morgan fingerprint density at radius 3 is 2.06 bits per heavy atom. The molecule has 2 fully saturated rings. The second-order valence-corrected chi connectivity index (χ2v) is 9.47. The third kappa shape index (κ3) is 5.20. The molecule has 0 saturated heterocycles. The van der Waals surface area contributed by atoms with Gasteiger partial charge in [-0.05, 0) is 50.7 Å². The van der Waals surface area contributed by atoms with Crippen molar-refractivity contribution < 1.29 is 14.2 Å². The zero-order valence-corrected chi connectivity index (χ0v) is 20.4. The lowest BCUT2D eigenvalue weighted by Gasteiger charge is -2.17. The number of thiazole rings is 1. The van der Waals surface area contributed by atoms with E-state index in [-0.39, 0.29) is 0 Å². The molecule has 0 aliphatic heterocycles. The summed E-state index contributed by atoms with van der Waals surface area (Å²) >= 11 is 1.67. The van der Waals surface area contributed by atoms with E-state index in [1.165, 1.54) is 63.5 Å². The van der Waals surface area contributed by atoms with Crippen molar-refractivity contribution in [2.24, 2.45) is 10.1 Å². The molecule has 6 nitrogen and oxygen atoms in total. The summed E-state index contributed by atoms with van der Waals surface area (Å²) in [6.07, 6.45) is 13.4. The standard InChI is InChI=1S/C25H35N3O3S/c1-29-22-15-18(16-23(30-2)24(22)31-3)21-17-32-25(26-19-11-9-6-10-12-19)28(21)27-20-13-7-4-5-8-14-20/h15-17,19H,4-14H2,1-3H3. The fourth-order valence-electron chi connectivity index (χ4n) is 4.66. The predicted molar refractivity (Wildman–Crippen MR) is 130 cm³/mol. The molecule has 2 aromatic rings. The number of rotatable bonds is 6. The maximum absolute atomic E-state index is 5.61. The Labute approximate surface area is 194 Å². The summed E-state index contributed by atoms with van der Waals surface area (Å²) in [5.41, 5.74) is 3.28. The van der Waals surface area contributed by atoms with Crippen molar-refractivity contribution in [1.82, 2.24) is 4.68 Å². The number of aromatic nitrogens is 1. The molecule has 0 amide bonds. The molecule has 0 spiro atoms. The fourth-order valence-corrected chi connectivity index (χ4v) is 5.56. The zero-order valence-electron chi connectivity index (χ0n) is 19.6. The van der Waals surface area contributed by atoms with E-state index in [1.807, 2.05) is 12.1 Å². The van der Waals surface area contributed by atoms with Gasteiger partial charge in [-0.1, -0.05) is 32.1 Å². The Bertz CT molecular complexity index is 967. The molecule has 1 aromatic carbocycles. The summed E-state index contributed by atoms with van der Waals surface area (Å²) in [5.74, 6) is 1.89. The van der Waals surface area contributed by atoms with Crippen LogP contribution in [0.5, 0.6) is 17.2 Å². The molecule has 1 heterocycles. The summed E-state index contributed by atoms with van der Waals surface area (Å²) in [6.45, 7) is 0. The third-order valence-electron chi connectivity index (χ3n) is 6.44. The third-order valence-corrected chi connectivity index (χ3v) is 7.27. The Morgan fingerprint density at radius 1 is 0.844 bits per heavy atom. The topological polar surface area (TPSA) is 57.3 Å². The lowest BCUT2D eigenvalue weighted by molar-refractivity contribution is 0.324. The van der Waals surface area contributed by atoms with Crippen LogP contribution in [-0.2, 0) is 0 Å². The van der Waals surface area contributed by atoms with Crippen LogP contribution >= 0.6 is 11.3 Å². The number of benzene rings is 1. The lowest BCUT2D eigenvalue weighted by Crippen LogP contribution is -2.20. The highest BCUT2D eigenvalue weighted by atomic mass is 32.1. The molecule has 174 valence electrons. The molecule has 0 bridgehead atoms.